The summed E-state index contributed by atoms with van der Waals surface area (Å²) in [6.07, 6.45) is 2.82. The zero-order chi connectivity index (χ0) is 9.38. The summed E-state index contributed by atoms with van der Waals surface area (Å²) in [6, 6.07) is 11.0. The van der Waals surface area contributed by atoms with Gasteiger partial charge in [0, 0.05) is 0 Å². The molecule has 0 bridgehead atoms. The minimum Gasteiger partial charge on any atom is -0.316 e. The number of rotatable bonds is 1. The SMILES string of the molecule is Cl.c1ccc([C@H]2C[C@@H]3CCNC[C@@H]32)cc1. The molecule has 1 aliphatic heterocycles. The maximum atomic E-state index is 3.52. The van der Waals surface area contributed by atoms with Gasteiger partial charge in [-0.1, -0.05) is 30.3 Å². The third kappa shape index (κ3) is 1.91. The van der Waals surface area contributed by atoms with E-state index in [2.05, 4.69) is 35.6 Å². The van der Waals surface area contributed by atoms with Gasteiger partial charge in [0.1, 0.15) is 0 Å². The fourth-order valence-electron chi connectivity index (χ4n) is 3.09. The van der Waals surface area contributed by atoms with Crippen molar-refractivity contribution in [3.8, 4) is 0 Å². The second-order valence-corrected chi connectivity index (χ2v) is 4.67. The predicted molar refractivity (Wildman–Crippen MR) is 65.5 cm³/mol. The molecule has 82 valence electrons. The van der Waals surface area contributed by atoms with Crippen molar-refractivity contribution in [3.05, 3.63) is 35.9 Å². The molecule has 1 nitrogen and oxygen atoms in total. The molecule has 0 aromatic heterocycles. The van der Waals surface area contributed by atoms with Crippen molar-refractivity contribution in [1.82, 2.24) is 5.32 Å². The van der Waals surface area contributed by atoms with E-state index in [0.29, 0.717) is 0 Å². The van der Waals surface area contributed by atoms with E-state index in [0.717, 1.165) is 17.8 Å². The lowest BCUT2D eigenvalue weighted by atomic mass is 9.60. The van der Waals surface area contributed by atoms with Crippen LogP contribution in [-0.2, 0) is 0 Å². The van der Waals surface area contributed by atoms with E-state index in [9.17, 15) is 0 Å². The first kappa shape index (κ1) is 11.0. The van der Waals surface area contributed by atoms with Crippen LogP contribution in [0.1, 0.15) is 24.3 Å². The largest absolute Gasteiger partial charge is 0.316 e. The van der Waals surface area contributed by atoms with Gasteiger partial charge in [-0.15, -0.1) is 12.4 Å². The number of hydrogen-bond acceptors (Lipinski definition) is 1. The second kappa shape index (κ2) is 4.54. The molecule has 1 saturated carbocycles. The van der Waals surface area contributed by atoms with Crippen LogP contribution >= 0.6 is 12.4 Å². The summed E-state index contributed by atoms with van der Waals surface area (Å²) in [5.41, 5.74) is 1.55. The number of benzene rings is 1. The summed E-state index contributed by atoms with van der Waals surface area (Å²) >= 11 is 0. The Labute approximate surface area is 97.7 Å². The third-order valence-electron chi connectivity index (χ3n) is 3.98. The number of nitrogens with one attached hydrogen (secondary N) is 1. The van der Waals surface area contributed by atoms with E-state index in [1.165, 1.54) is 25.9 Å². The molecular formula is C13H18ClN. The number of hydrogen-bond donors (Lipinski definition) is 1. The van der Waals surface area contributed by atoms with Crippen molar-refractivity contribution in [2.75, 3.05) is 13.1 Å². The minimum absolute atomic E-state index is 0. The molecule has 1 aliphatic carbocycles. The highest BCUT2D eigenvalue weighted by molar-refractivity contribution is 5.85. The van der Waals surface area contributed by atoms with Crippen molar-refractivity contribution >= 4 is 12.4 Å². The average molecular weight is 224 g/mol. The summed E-state index contributed by atoms with van der Waals surface area (Å²) in [5.74, 6) is 2.78. The summed E-state index contributed by atoms with van der Waals surface area (Å²) in [7, 11) is 0. The van der Waals surface area contributed by atoms with Crippen molar-refractivity contribution in [3.63, 3.8) is 0 Å². The smallest absolute Gasteiger partial charge is 0.00120 e. The van der Waals surface area contributed by atoms with Crippen LogP contribution in [0.4, 0.5) is 0 Å². The number of halogens is 1. The third-order valence-corrected chi connectivity index (χ3v) is 3.98. The molecule has 1 heterocycles. The molecule has 1 aromatic carbocycles. The van der Waals surface area contributed by atoms with Gasteiger partial charge in [-0.3, -0.25) is 0 Å². The lowest BCUT2D eigenvalue weighted by Crippen LogP contribution is -2.47. The highest BCUT2D eigenvalue weighted by Crippen LogP contribution is 2.49. The molecule has 0 amide bonds. The van der Waals surface area contributed by atoms with E-state index in [-0.39, 0.29) is 12.4 Å². The topological polar surface area (TPSA) is 12.0 Å². The molecule has 2 fully saturated rings. The molecular weight excluding hydrogens is 206 g/mol. The molecule has 0 radical (unpaired) electrons. The Morgan fingerprint density at radius 1 is 1.13 bits per heavy atom. The van der Waals surface area contributed by atoms with Gasteiger partial charge in [-0.25, -0.2) is 0 Å². The quantitative estimate of drug-likeness (QED) is 0.772. The highest BCUT2D eigenvalue weighted by Gasteiger charge is 2.42. The Balaban J connectivity index is 0.000000853. The van der Waals surface area contributed by atoms with Crippen molar-refractivity contribution in [2.24, 2.45) is 11.8 Å². The normalized spacial score (nSPS) is 33.5. The van der Waals surface area contributed by atoms with E-state index < -0.39 is 0 Å². The van der Waals surface area contributed by atoms with Crippen LogP contribution in [0, 0.1) is 11.8 Å². The van der Waals surface area contributed by atoms with E-state index >= 15 is 0 Å². The second-order valence-electron chi connectivity index (χ2n) is 4.67. The van der Waals surface area contributed by atoms with Crippen LogP contribution in [0.15, 0.2) is 30.3 Å². The molecule has 1 saturated heterocycles. The highest BCUT2D eigenvalue weighted by atomic mass is 35.5. The lowest BCUT2D eigenvalue weighted by molar-refractivity contribution is 0.0934. The van der Waals surface area contributed by atoms with Crippen molar-refractivity contribution < 1.29 is 0 Å². The van der Waals surface area contributed by atoms with Crippen LogP contribution < -0.4 is 5.32 Å². The first-order valence-electron chi connectivity index (χ1n) is 5.71. The molecule has 3 atom stereocenters. The molecule has 15 heavy (non-hydrogen) atoms. The Hall–Kier alpha value is -0.530. The number of piperidine rings is 1. The van der Waals surface area contributed by atoms with Crippen molar-refractivity contribution in [2.45, 2.75) is 18.8 Å². The number of fused-ring (bicyclic) bond motifs is 1. The van der Waals surface area contributed by atoms with Crippen LogP contribution in [0.5, 0.6) is 0 Å². The molecule has 3 rings (SSSR count). The Kier molecular flexibility index (Phi) is 3.32. The Morgan fingerprint density at radius 2 is 1.93 bits per heavy atom. The van der Waals surface area contributed by atoms with Gasteiger partial charge in [0.25, 0.3) is 0 Å². The van der Waals surface area contributed by atoms with Gasteiger partial charge in [0.2, 0.25) is 0 Å². The lowest BCUT2D eigenvalue weighted by Gasteiger charge is -2.48. The minimum atomic E-state index is 0. The molecule has 2 aliphatic rings. The monoisotopic (exact) mass is 223 g/mol. The molecule has 1 aromatic rings. The van der Waals surface area contributed by atoms with Crippen LogP contribution in [0.25, 0.3) is 0 Å². The zero-order valence-corrected chi connectivity index (χ0v) is 9.67. The predicted octanol–water partition coefficient (Wildman–Crippen LogP) is 2.82. The van der Waals surface area contributed by atoms with Crippen molar-refractivity contribution in [1.29, 1.82) is 0 Å². The van der Waals surface area contributed by atoms with Gasteiger partial charge in [-0.05, 0) is 49.2 Å². The van der Waals surface area contributed by atoms with Crippen LogP contribution in [0.3, 0.4) is 0 Å². The first-order chi connectivity index (χ1) is 6.95. The summed E-state index contributed by atoms with van der Waals surface area (Å²) in [6.45, 7) is 2.48. The molecule has 0 unspecified atom stereocenters. The summed E-state index contributed by atoms with van der Waals surface area (Å²) in [5, 5.41) is 3.52. The first-order valence-corrected chi connectivity index (χ1v) is 5.71. The summed E-state index contributed by atoms with van der Waals surface area (Å²) < 4.78 is 0. The van der Waals surface area contributed by atoms with Gasteiger partial charge in [0.05, 0.1) is 0 Å². The fourth-order valence-corrected chi connectivity index (χ4v) is 3.09. The van der Waals surface area contributed by atoms with E-state index in [4.69, 9.17) is 0 Å². The van der Waals surface area contributed by atoms with Crippen LogP contribution in [-0.4, -0.2) is 13.1 Å². The average Bonchev–Trinajstić information content (AvgIpc) is 2.22. The van der Waals surface area contributed by atoms with E-state index in [1.54, 1.807) is 5.56 Å². The fraction of sp³-hybridized carbons (Fsp3) is 0.538. The molecule has 1 N–H and O–H groups in total. The summed E-state index contributed by atoms with van der Waals surface area (Å²) in [4.78, 5) is 0. The Morgan fingerprint density at radius 3 is 2.67 bits per heavy atom. The molecule has 0 spiro atoms. The standard InChI is InChI=1S/C13H17N.ClH/c1-2-4-10(5-3-1)12-8-11-6-7-14-9-13(11)12;/h1-5,11-14H,6-9H2;1H/t11-,12+,13-;/m0./s1. The van der Waals surface area contributed by atoms with E-state index in [1.807, 2.05) is 0 Å². The Bertz CT molecular complexity index is 312. The van der Waals surface area contributed by atoms with Gasteiger partial charge in [0.15, 0.2) is 0 Å². The van der Waals surface area contributed by atoms with Gasteiger partial charge < -0.3 is 5.32 Å². The molecule has 2 heteroatoms. The maximum absolute atomic E-state index is 3.52. The van der Waals surface area contributed by atoms with Gasteiger partial charge in [-0.2, -0.15) is 0 Å². The van der Waals surface area contributed by atoms with Gasteiger partial charge >= 0.3 is 0 Å². The zero-order valence-electron chi connectivity index (χ0n) is 8.86. The van der Waals surface area contributed by atoms with Crippen LogP contribution in [0.2, 0.25) is 0 Å². The maximum Gasteiger partial charge on any atom is -0.00120 e.